The monoisotopic (exact) mass is 386 g/mol. The van der Waals surface area contributed by atoms with Gasteiger partial charge in [0.1, 0.15) is 11.2 Å². The van der Waals surface area contributed by atoms with Gasteiger partial charge >= 0.3 is 5.63 Å². The fourth-order valence-electron chi connectivity index (χ4n) is 3.74. The molecule has 0 aliphatic heterocycles. The molecule has 0 spiro atoms. The molecule has 3 nitrogen and oxygen atoms in total. The van der Waals surface area contributed by atoms with E-state index in [-0.39, 0.29) is 5.63 Å². The van der Waals surface area contributed by atoms with Crippen molar-refractivity contribution >= 4 is 33.5 Å². The molecule has 2 heterocycles. The van der Waals surface area contributed by atoms with Crippen molar-refractivity contribution in [2.75, 3.05) is 0 Å². The van der Waals surface area contributed by atoms with Crippen LogP contribution in [-0.2, 0) is 0 Å². The number of rotatable bonds is 2. The Labute approximate surface area is 165 Å². The van der Waals surface area contributed by atoms with Crippen molar-refractivity contribution in [3.05, 3.63) is 94.0 Å². The Hall–Kier alpha value is -3.30. The first-order valence-corrected chi connectivity index (χ1v) is 9.29. The topological polar surface area (TPSA) is 43.4 Å². The van der Waals surface area contributed by atoms with Gasteiger partial charge in [-0.1, -0.05) is 54.1 Å². The maximum Gasteiger partial charge on any atom is 0.336 e. The zero-order chi connectivity index (χ0) is 19.3. The highest BCUT2D eigenvalue weighted by molar-refractivity contribution is 6.30. The number of benzene rings is 3. The SMILES string of the molecule is Cc1cc2oc(=O)cc(-c3ccccc3)c2c2occ(-c3ccc(Cl)cc3)c12. The summed E-state index contributed by atoms with van der Waals surface area (Å²) in [6, 6.07) is 20.9. The standard InChI is InChI=1S/C24H15ClO3/c1-14-11-20-23(18(12-21(26)28-20)15-5-3-2-4-6-15)24-22(14)19(13-27-24)16-7-9-17(25)10-8-16/h2-13H,1H3. The molecule has 5 rings (SSSR count). The largest absolute Gasteiger partial charge is 0.463 e. The maximum atomic E-state index is 12.2. The lowest BCUT2D eigenvalue weighted by Crippen LogP contribution is -1.99. The first kappa shape index (κ1) is 16.8. The third kappa shape index (κ3) is 2.63. The zero-order valence-corrected chi connectivity index (χ0v) is 15.8. The zero-order valence-electron chi connectivity index (χ0n) is 15.0. The van der Waals surface area contributed by atoms with Crippen LogP contribution in [0.5, 0.6) is 0 Å². The van der Waals surface area contributed by atoms with Gasteiger partial charge < -0.3 is 8.83 Å². The number of furan rings is 1. The summed E-state index contributed by atoms with van der Waals surface area (Å²) < 4.78 is 11.5. The highest BCUT2D eigenvalue weighted by atomic mass is 35.5. The second-order valence-electron chi connectivity index (χ2n) is 6.77. The second-order valence-corrected chi connectivity index (χ2v) is 7.21. The molecule has 0 atom stereocenters. The molecule has 0 radical (unpaired) electrons. The molecule has 0 bridgehead atoms. The van der Waals surface area contributed by atoms with Crippen LogP contribution in [0.3, 0.4) is 0 Å². The van der Waals surface area contributed by atoms with Crippen LogP contribution in [0.15, 0.2) is 86.6 Å². The van der Waals surface area contributed by atoms with Crippen LogP contribution in [0.2, 0.25) is 5.02 Å². The van der Waals surface area contributed by atoms with Crippen LogP contribution in [0, 0.1) is 6.92 Å². The molecule has 4 heteroatoms. The van der Waals surface area contributed by atoms with Crippen molar-refractivity contribution in [2.24, 2.45) is 0 Å². The Balaban J connectivity index is 1.90. The molecule has 0 N–H and O–H groups in total. The van der Waals surface area contributed by atoms with Crippen LogP contribution in [0.1, 0.15) is 5.56 Å². The van der Waals surface area contributed by atoms with Gasteiger partial charge in [0.25, 0.3) is 0 Å². The molecule has 28 heavy (non-hydrogen) atoms. The summed E-state index contributed by atoms with van der Waals surface area (Å²) in [6.07, 6.45) is 1.75. The fourth-order valence-corrected chi connectivity index (χ4v) is 3.86. The quantitative estimate of drug-likeness (QED) is 0.312. The minimum Gasteiger partial charge on any atom is -0.463 e. The lowest BCUT2D eigenvalue weighted by molar-refractivity contribution is 0.560. The summed E-state index contributed by atoms with van der Waals surface area (Å²) >= 11 is 6.04. The Morgan fingerprint density at radius 2 is 1.54 bits per heavy atom. The number of halogens is 1. The van der Waals surface area contributed by atoms with Crippen molar-refractivity contribution in [1.82, 2.24) is 0 Å². The molecule has 0 amide bonds. The lowest BCUT2D eigenvalue weighted by atomic mass is 9.96. The van der Waals surface area contributed by atoms with Gasteiger partial charge in [0, 0.05) is 27.6 Å². The van der Waals surface area contributed by atoms with Gasteiger partial charge in [-0.3, -0.25) is 0 Å². The summed E-state index contributed by atoms with van der Waals surface area (Å²) in [4.78, 5) is 12.2. The molecule has 0 saturated heterocycles. The van der Waals surface area contributed by atoms with Crippen LogP contribution >= 0.6 is 11.6 Å². The van der Waals surface area contributed by atoms with E-state index < -0.39 is 0 Å². The van der Waals surface area contributed by atoms with Gasteiger partial charge in [-0.25, -0.2) is 4.79 Å². The van der Waals surface area contributed by atoms with Gasteiger partial charge in [0.05, 0.1) is 11.6 Å². The van der Waals surface area contributed by atoms with Crippen molar-refractivity contribution in [3.8, 4) is 22.3 Å². The van der Waals surface area contributed by atoms with E-state index in [2.05, 4.69) is 0 Å². The number of hydrogen-bond donors (Lipinski definition) is 0. The second kappa shape index (κ2) is 6.39. The van der Waals surface area contributed by atoms with Crippen molar-refractivity contribution < 1.29 is 8.83 Å². The van der Waals surface area contributed by atoms with E-state index in [1.807, 2.05) is 67.6 Å². The Morgan fingerprint density at radius 1 is 0.821 bits per heavy atom. The minimum atomic E-state index is -0.380. The first-order chi connectivity index (χ1) is 13.6. The van der Waals surface area contributed by atoms with Gasteiger partial charge in [-0.2, -0.15) is 0 Å². The van der Waals surface area contributed by atoms with Crippen LogP contribution in [-0.4, -0.2) is 0 Å². The van der Waals surface area contributed by atoms with E-state index in [1.54, 1.807) is 6.26 Å². The summed E-state index contributed by atoms with van der Waals surface area (Å²) in [5.74, 6) is 0. The number of hydrogen-bond acceptors (Lipinski definition) is 3. The number of fused-ring (bicyclic) bond motifs is 3. The van der Waals surface area contributed by atoms with E-state index in [0.717, 1.165) is 38.6 Å². The van der Waals surface area contributed by atoms with Gasteiger partial charge in [-0.05, 0) is 41.8 Å². The third-order valence-electron chi connectivity index (χ3n) is 4.99. The third-order valence-corrected chi connectivity index (χ3v) is 5.24. The molecule has 5 aromatic rings. The summed E-state index contributed by atoms with van der Waals surface area (Å²) in [6.45, 7) is 1.99. The summed E-state index contributed by atoms with van der Waals surface area (Å²) in [5.41, 5.74) is 5.57. The van der Waals surface area contributed by atoms with Gasteiger partial charge in [-0.15, -0.1) is 0 Å². The summed E-state index contributed by atoms with van der Waals surface area (Å²) in [7, 11) is 0. The molecule has 136 valence electrons. The molecule has 2 aromatic heterocycles. The molecule has 0 aliphatic rings. The average molecular weight is 387 g/mol. The maximum absolute atomic E-state index is 12.2. The van der Waals surface area contributed by atoms with E-state index in [0.29, 0.717) is 16.2 Å². The fraction of sp³-hybridized carbons (Fsp3) is 0.0417. The predicted molar refractivity (Wildman–Crippen MR) is 113 cm³/mol. The highest BCUT2D eigenvalue weighted by Crippen LogP contribution is 2.40. The van der Waals surface area contributed by atoms with Crippen LogP contribution in [0.4, 0.5) is 0 Å². The molecule has 3 aromatic carbocycles. The minimum absolute atomic E-state index is 0.380. The average Bonchev–Trinajstić information content (AvgIpc) is 3.14. The molecule has 0 aliphatic carbocycles. The van der Waals surface area contributed by atoms with E-state index in [4.69, 9.17) is 20.4 Å². The van der Waals surface area contributed by atoms with Crippen molar-refractivity contribution in [1.29, 1.82) is 0 Å². The van der Waals surface area contributed by atoms with Crippen LogP contribution < -0.4 is 5.63 Å². The Bertz CT molecular complexity index is 1380. The predicted octanol–water partition coefficient (Wildman–Crippen LogP) is 6.84. The first-order valence-electron chi connectivity index (χ1n) is 8.92. The molecule has 0 unspecified atom stereocenters. The summed E-state index contributed by atoms with van der Waals surface area (Å²) in [5, 5.41) is 2.49. The van der Waals surface area contributed by atoms with E-state index >= 15 is 0 Å². The van der Waals surface area contributed by atoms with Crippen molar-refractivity contribution in [3.63, 3.8) is 0 Å². The van der Waals surface area contributed by atoms with Crippen molar-refractivity contribution in [2.45, 2.75) is 6.92 Å². The van der Waals surface area contributed by atoms with E-state index in [9.17, 15) is 4.79 Å². The number of aryl methyl sites for hydroxylation is 1. The normalized spacial score (nSPS) is 11.4. The highest BCUT2D eigenvalue weighted by Gasteiger charge is 2.19. The lowest BCUT2D eigenvalue weighted by Gasteiger charge is -2.08. The Morgan fingerprint density at radius 3 is 2.29 bits per heavy atom. The Kier molecular flexibility index (Phi) is 3.85. The molecule has 0 fully saturated rings. The van der Waals surface area contributed by atoms with Crippen LogP contribution in [0.25, 0.3) is 44.2 Å². The van der Waals surface area contributed by atoms with E-state index in [1.165, 1.54) is 6.07 Å². The molecular formula is C24H15ClO3. The van der Waals surface area contributed by atoms with Gasteiger partial charge in [0.15, 0.2) is 0 Å². The van der Waals surface area contributed by atoms with Gasteiger partial charge in [0.2, 0.25) is 0 Å². The molecule has 0 saturated carbocycles. The molecular weight excluding hydrogens is 372 g/mol. The smallest absolute Gasteiger partial charge is 0.336 e.